The molecule has 4 heteroatoms. The number of benzene rings is 2. The molecule has 2 rings (SSSR count). The molecule has 2 N–H and O–H groups in total. The number of rotatable bonds is 7. The maximum atomic E-state index is 12.2. The molecule has 0 fully saturated rings. The molecule has 0 unspecified atom stereocenters. The zero-order chi connectivity index (χ0) is 17.5. The molecular formula is C20H25ClN2O. The van der Waals surface area contributed by atoms with E-state index in [9.17, 15) is 4.79 Å². The molecule has 0 radical (unpaired) electrons. The van der Waals surface area contributed by atoms with Crippen molar-refractivity contribution in [1.82, 2.24) is 10.6 Å². The highest BCUT2D eigenvalue weighted by Gasteiger charge is 2.13. The first-order chi connectivity index (χ1) is 11.5. The van der Waals surface area contributed by atoms with Gasteiger partial charge in [-0.1, -0.05) is 60.5 Å². The molecule has 0 heterocycles. The number of aryl methyl sites for hydroxylation is 1. The van der Waals surface area contributed by atoms with Crippen molar-refractivity contribution in [1.29, 1.82) is 0 Å². The number of nitrogens with one attached hydrogen (secondary N) is 2. The van der Waals surface area contributed by atoms with E-state index in [0.717, 1.165) is 17.5 Å². The van der Waals surface area contributed by atoms with Gasteiger partial charge in [0, 0.05) is 11.1 Å². The first-order valence-electron chi connectivity index (χ1n) is 8.34. The topological polar surface area (TPSA) is 41.1 Å². The van der Waals surface area contributed by atoms with E-state index in [1.54, 1.807) is 0 Å². The van der Waals surface area contributed by atoms with Crippen molar-refractivity contribution >= 4 is 17.5 Å². The van der Waals surface area contributed by atoms with E-state index in [2.05, 4.69) is 48.7 Å². The predicted octanol–water partition coefficient (Wildman–Crippen LogP) is 4.57. The third-order valence-electron chi connectivity index (χ3n) is 4.16. The predicted molar refractivity (Wildman–Crippen MR) is 100 cm³/mol. The summed E-state index contributed by atoms with van der Waals surface area (Å²) in [6, 6.07) is 16.1. The van der Waals surface area contributed by atoms with Crippen LogP contribution in [0.3, 0.4) is 0 Å². The lowest BCUT2D eigenvalue weighted by Gasteiger charge is -2.19. The van der Waals surface area contributed by atoms with Gasteiger partial charge in [0.1, 0.15) is 0 Å². The van der Waals surface area contributed by atoms with Crippen LogP contribution in [0.25, 0.3) is 0 Å². The summed E-state index contributed by atoms with van der Waals surface area (Å²) in [5, 5.41) is 7.06. The van der Waals surface area contributed by atoms with Crippen molar-refractivity contribution in [2.45, 2.75) is 39.3 Å². The van der Waals surface area contributed by atoms with Crippen LogP contribution in [0, 0.1) is 6.92 Å². The fourth-order valence-electron chi connectivity index (χ4n) is 2.58. The molecule has 24 heavy (non-hydrogen) atoms. The van der Waals surface area contributed by atoms with E-state index in [1.165, 1.54) is 5.56 Å². The van der Waals surface area contributed by atoms with Gasteiger partial charge in [-0.15, -0.1) is 0 Å². The van der Waals surface area contributed by atoms with Gasteiger partial charge in [-0.3, -0.25) is 4.79 Å². The minimum atomic E-state index is 0.00300. The van der Waals surface area contributed by atoms with E-state index in [0.29, 0.717) is 5.02 Å². The average Bonchev–Trinajstić information content (AvgIpc) is 2.59. The number of amides is 1. The van der Waals surface area contributed by atoms with Crippen LogP contribution in [0.5, 0.6) is 0 Å². The second-order valence-corrected chi connectivity index (χ2v) is 6.53. The van der Waals surface area contributed by atoms with Crippen LogP contribution in [0.1, 0.15) is 49.0 Å². The number of hydrogen-bond donors (Lipinski definition) is 2. The zero-order valence-corrected chi connectivity index (χ0v) is 15.2. The normalized spacial score (nSPS) is 13.3. The number of carbonyl (C=O) groups is 1. The molecular weight excluding hydrogens is 320 g/mol. The van der Waals surface area contributed by atoms with Crippen LogP contribution in [0.15, 0.2) is 48.5 Å². The van der Waals surface area contributed by atoms with Gasteiger partial charge < -0.3 is 10.6 Å². The summed E-state index contributed by atoms with van der Waals surface area (Å²) in [5.41, 5.74) is 3.47. The first-order valence-corrected chi connectivity index (χ1v) is 8.72. The van der Waals surface area contributed by atoms with Crippen LogP contribution in [-0.2, 0) is 4.79 Å². The number of hydrogen-bond acceptors (Lipinski definition) is 2. The quantitative estimate of drug-likeness (QED) is 0.772. The van der Waals surface area contributed by atoms with Crippen LogP contribution in [0.4, 0.5) is 0 Å². The number of halogens is 1. The first kappa shape index (κ1) is 18.5. The number of carbonyl (C=O) groups excluding carboxylic acids is 1. The Bertz CT molecular complexity index is 652. The zero-order valence-electron chi connectivity index (χ0n) is 14.5. The lowest BCUT2D eigenvalue weighted by Crippen LogP contribution is -2.37. The molecule has 3 nitrogen and oxygen atoms in total. The monoisotopic (exact) mass is 344 g/mol. The van der Waals surface area contributed by atoms with Crippen molar-refractivity contribution in [2.75, 3.05) is 6.54 Å². The molecule has 0 spiro atoms. The molecule has 0 bridgehead atoms. The van der Waals surface area contributed by atoms with Gasteiger partial charge in [0.05, 0.1) is 12.6 Å². The SMILES string of the molecule is CC[C@@H](NC(=O)CN[C@H](C)c1ccc(Cl)cc1)c1ccc(C)cc1. The summed E-state index contributed by atoms with van der Waals surface area (Å²) in [6.07, 6.45) is 0.863. The van der Waals surface area contributed by atoms with Crippen LogP contribution >= 0.6 is 11.6 Å². The highest BCUT2D eigenvalue weighted by atomic mass is 35.5. The van der Waals surface area contributed by atoms with Crippen LogP contribution in [0.2, 0.25) is 5.02 Å². The Morgan fingerprint density at radius 2 is 1.62 bits per heavy atom. The van der Waals surface area contributed by atoms with Gasteiger partial charge in [-0.05, 0) is 43.5 Å². The Morgan fingerprint density at radius 3 is 2.21 bits per heavy atom. The van der Waals surface area contributed by atoms with Crippen molar-refractivity contribution in [3.63, 3.8) is 0 Å². The Balaban J connectivity index is 1.87. The lowest BCUT2D eigenvalue weighted by atomic mass is 10.0. The molecule has 128 valence electrons. The van der Waals surface area contributed by atoms with E-state index in [1.807, 2.05) is 31.2 Å². The van der Waals surface area contributed by atoms with E-state index in [4.69, 9.17) is 11.6 Å². The van der Waals surface area contributed by atoms with Crippen molar-refractivity contribution in [3.05, 3.63) is 70.2 Å². The molecule has 0 aromatic heterocycles. The Morgan fingerprint density at radius 1 is 1.04 bits per heavy atom. The molecule has 1 amide bonds. The fourth-order valence-corrected chi connectivity index (χ4v) is 2.71. The van der Waals surface area contributed by atoms with Gasteiger partial charge in [-0.25, -0.2) is 0 Å². The van der Waals surface area contributed by atoms with Crippen molar-refractivity contribution < 1.29 is 4.79 Å². The second-order valence-electron chi connectivity index (χ2n) is 6.09. The van der Waals surface area contributed by atoms with Gasteiger partial charge in [0.2, 0.25) is 5.91 Å². The molecule has 0 saturated carbocycles. The highest BCUT2D eigenvalue weighted by Crippen LogP contribution is 2.18. The fraction of sp³-hybridized carbons (Fsp3) is 0.350. The second kappa shape index (κ2) is 8.86. The van der Waals surface area contributed by atoms with Gasteiger partial charge in [-0.2, -0.15) is 0 Å². The molecule has 2 atom stereocenters. The summed E-state index contributed by atoms with van der Waals surface area (Å²) in [6.45, 7) is 6.46. The third-order valence-corrected chi connectivity index (χ3v) is 4.41. The van der Waals surface area contributed by atoms with Gasteiger partial charge >= 0.3 is 0 Å². The molecule has 2 aromatic carbocycles. The summed E-state index contributed by atoms with van der Waals surface area (Å²) in [5.74, 6) is 0.00300. The Labute approximate surface area is 149 Å². The van der Waals surface area contributed by atoms with E-state index >= 15 is 0 Å². The molecule has 0 aliphatic heterocycles. The van der Waals surface area contributed by atoms with Crippen molar-refractivity contribution in [3.8, 4) is 0 Å². The highest BCUT2D eigenvalue weighted by molar-refractivity contribution is 6.30. The minimum absolute atomic E-state index is 0.00300. The van der Waals surface area contributed by atoms with E-state index in [-0.39, 0.29) is 24.5 Å². The summed E-state index contributed by atoms with van der Waals surface area (Å²) in [4.78, 5) is 12.2. The summed E-state index contributed by atoms with van der Waals surface area (Å²) < 4.78 is 0. The maximum Gasteiger partial charge on any atom is 0.234 e. The summed E-state index contributed by atoms with van der Waals surface area (Å²) in [7, 11) is 0. The maximum absolute atomic E-state index is 12.2. The largest absolute Gasteiger partial charge is 0.348 e. The van der Waals surface area contributed by atoms with Gasteiger partial charge in [0.25, 0.3) is 0 Å². The molecule has 0 aliphatic carbocycles. The van der Waals surface area contributed by atoms with E-state index < -0.39 is 0 Å². The van der Waals surface area contributed by atoms with Crippen LogP contribution < -0.4 is 10.6 Å². The molecule has 2 aromatic rings. The smallest absolute Gasteiger partial charge is 0.234 e. The summed E-state index contributed by atoms with van der Waals surface area (Å²) >= 11 is 5.90. The molecule has 0 saturated heterocycles. The average molecular weight is 345 g/mol. The Kier molecular flexibility index (Phi) is 6.83. The van der Waals surface area contributed by atoms with Crippen molar-refractivity contribution in [2.24, 2.45) is 0 Å². The van der Waals surface area contributed by atoms with Crippen LogP contribution in [-0.4, -0.2) is 12.5 Å². The minimum Gasteiger partial charge on any atom is -0.348 e. The molecule has 0 aliphatic rings. The Hall–Kier alpha value is -1.84. The lowest BCUT2D eigenvalue weighted by molar-refractivity contribution is -0.121. The van der Waals surface area contributed by atoms with Gasteiger partial charge in [0.15, 0.2) is 0 Å². The standard InChI is InChI=1S/C20H25ClN2O/c1-4-19(17-7-5-14(2)6-8-17)23-20(24)13-22-15(3)16-9-11-18(21)12-10-16/h5-12,15,19,22H,4,13H2,1-3H3,(H,23,24)/t15-,19-/m1/s1. The third kappa shape index (κ3) is 5.36.